The highest BCUT2D eigenvalue weighted by Crippen LogP contribution is 2.12. The number of hydrogen-bond acceptors (Lipinski definition) is 7. The molecule has 0 spiro atoms. The van der Waals surface area contributed by atoms with Crippen molar-refractivity contribution >= 4 is 11.6 Å². The van der Waals surface area contributed by atoms with Crippen molar-refractivity contribution in [3.05, 3.63) is 29.2 Å². The van der Waals surface area contributed by atoms with Crippen molar-refractivity contribution in [2.24, 2.45) is 0 Å². The number of oxazole rings is 1. The Bertz CT molecular complexity index is 548. The zero-order valence-electron chi connectivity index (χ0n) is 11.2. The minimum Gasteiger partial charge on any atom is -0.444 e. The summed E-state index contributed by atoms with van der Waals surface area (Å²) in [7, 11) is 1.58. The van der Waals surface area contributed by atoms with Crippen LogP contribution in [0.25, 0.3) is 0 Å². The molecule has 7 heteroatoms. The van der Waals surface area contributed by atoms with Crippen LogP contribution in [0.15, 0.2) is 10.5 Å². The first-order valence-electron chi connectivity index (χ1n) is 5.87. The lowest BCUT2D eigenvalue weighted by Crippen LogP contribution is -2.07. The Morgan fingerprint density at radius 2 is 2.11 bits per heavy atom. The zero-order valence-corrected chi connectivity index (χ0v) is 11.2. The van der Waals surface area contributed by atoms with E-state index in [0.717, 1.165) is 11.5 Å². The van der Waals surface area contributed by atoms with Gasteiger partial charge in [-0.15, -0.1) is 0 Å². The van der Waals surface area contributed by atoms with E-state index < -0.39 is 0 Å². The Labute approximate surface area is 111 Å². The van der Waals surface area contributed by atoms with Crippen LogP contribution in [0.3, 0.4) is 0 Å². The first kappa shape index (κ1) is 13.3. The van der Waals surface area contributed by atoms with Crippen LogP contribution in [0.2, 0.25) is 0 Å². The summed E-state index contributed by atoms with van der Waals surface area (Å²) in [5.41, 5.74) is 6.59. The number of nitrogens with zero attached hydrogens (tertiary/aromatic N) is 3. The van der Waals surface area contributed by atoms with Gasteiger partial charge in [0.25, 0.3) is 0 Å². The van der Waals surface area contributed by atoms with Gasteiger partial charge in [-0.3, -0.25) is 0 Å². The minimum atomic E-state index is 0.316. The van der Waals surface area contributed by atoms with Crippen LogP contribution in [0, 0.1) is 13.8 Å². The van der Waals surface area contributed by atoms with Gasteiger partial charge in [0.05, 0.1) is 12.2 Å². The van der Waals surface area contributed by atoms with E-state index in [2.05, 4.69) is 20.3 Å². The highest BCUT2D eigenvalue weighted by molar-refractivity contribution is 5.44. The van der Waals surface area contributed by atoms with Crippen molar-refractivity contribution in [3.63, 3.8) is 0 Å². The molecule has 0 unspecified atom stereocenters. The molecule has 0 saturated carbocycles. The topological polar surface area (TPSA) is 99.1 Å². The van der Waals surface area contributed by atoms with E-state index in [0.29, 0.717) is 36.5 Å². The predicted molar refractivity (Wildman–Crippen MR) is 70.5 cm³/mol. The first-order valence-corrected chi connectivity index (χ1v) is 5.87. The third-order valence-electron chi connectivity index (χ3n) is 2.56. The van der Waals surface area contributed by atoms with E-state index in [4.69, 9.17) is 14.9 Å². The molecule has 2 aromatic rings. The third kappa shape index (κ3) is 3.41. The van der Waals surface area contributed by atoms with Crippen molar-refractivity contribution in [1.29, 1.82) is 0 Å². The van der Waals surface area contributed by atoms with Gasteiger partial charge < -0.3 is 20.2 Å². The molecule has 2 aromatic heterocycles. The summed E-state index contributed by atoms with van der Waals surface area (Å²) in [4.78, 5) is 12.6. The lowest BCUT2D eigenvalue weighted by atomic mass is 10.4. The summed E-state index contributed by atoms with van der Waals surface area (Å²) >= 11 is 0. The van der Waals surface area contributed by atoms with Gasteiger partial charge in [0.2, 0.25) is 5.89 Å². The van der Waals surface area contributed by atoms with Crippen molar-refractivity contribution in [3.8, 4) is 0 Å². The number of aryl methyl sites for hydroxylation is 2. The lowest BCUT2D eigenvalue weighted by molar-refractivity contribution is 0.178. The Kier molecular flexibility index (Phi) is 3.96. The number of nitrogen functional groups attached to an aromatic ring is 1. The number of rotatable bonds is 5. The Morgan fingerprint density at radius 3 is 2.74 bits per heavy atom. The van der Waals surface area contributed by atoms with E-state index in [1.165, 1.54) is 0 Å². The summed E-state index contributed by atoms with van der Waals surface area (Å²) in [5, 5.41) is 3.10. The van der Waals surface area contributed by atoms with Crippen molar-refractivity contribution in [2.75, 3.05) is 18.2 Å². The van der Waals surface area contributed by atoms with E-state index >= 15 is 0 Å². The molecule has 0 amide bonds. The predicted octanol–water partition coefficient (Wildman–Crippen LogP) is 1.42. The Morgan fingerprint density at radius 1 is 1.32 bits per heavy atom. The summed E-state index contributed by atoms with van der Waals surface area (Å²) in [6.45, 7) is 4.54. The molecule has 0 atom stereocenters. The van der Waals surface area contributed by atoms with Gasteiger partial charge >= 0.3 is 0 Å². The summed E-state index contributed by atoms with van der Waals surface area (Å²) in [6.07, 6.45) is 0. The van der Waals surface area contributed by atoms with Crippen LogP contribution in [0.1, 0.15) is 23.2 Å². The van der Waals surface area contributed by atoms with E-state index in [9.17, 15) is 0 Å². The maximum absolute atomic E-state index is 5.70. The monoisotopic (exact) mass is 263 g/mol. The second kappa shape index (κ2) is 5.66. The standard InChI is InChI=1S/C12H17N5O2/c1-7-8(2)19-12(15-7)5-14-10-4-9(13)16-11(17-10)6-18-3/h4H,5-6H2,1-3H3,(H3,13,14,16,17). The van der Waals surface area contributed by atoms with Gasteiger partial charge in [-0.1, -0.05) is 0 Å². The molecule has 0 aliphatic rings. The van der Waals surface area contributed by atoms with E-state index in [1.807, 2.05) is 13.8 Å². The summed E-state index contributed by atoms with van der Waals surface area (Å²) in [6, 6.07) is 1.65. The summed E-state index contributed by atoms with van der Waals surface area (Å²) < 4.78 is 10.5. The molecular weight excluding hydrogens is 246 g/mol. The maximum atomic E-state index is 5.70. The molecule has 0 aromatic carbocycles. The van der Waals surface area contributed by atoms with Crippen LogP contribution in [-0.2, 0) is 17.9 Å². The lowest BCUT2D eigenvalue weighted by Gasteiger charge is -2.06. The van der Waals surface area contributed by atoms with Crippen LogP contribution in [0.4, 0.5) is 11.6 Å². The maximum Gasteiger partial charge on any atom is 0.213 e. The molecule has 7 nitrogen and oxygen atoms in total. The number of ether oxygens (including phenoxy) is 1. The number of anilines is 2. The number of methoxy groups -OCH3 is 1. The van der Waals surface area contributed by atoms with Crippen LogP contribution in [0.5, 0.6) is 0 Å². The first-order chi connectivity index (χ1) is 9.08. The highest BCUT2D eigenvalue weighted by atomic mass is 16.5. The van der Waals surface area contributed by atoms with Gasteiger partial charge in [-0.05, 0) is 13.8 Å². The van der Waals surface area contributed by atoms with Gasteiger partial charge in [-0.2, -0.15) is 0 Å². The smallest absolute Gasteiger partial charge is 0.213 e. The van der Waals surface area contributed by atoms with Crippen molar-refractivity contribution < 1.29 is 9.15 Å². The molecule has 102 valence electrons. The van der Waals surface area contributed by atoms with E-state index in [-0.39, 0.29) is 0 Å². The molecule has 0 saturated heterocycles. The largest absolute Gasteiger partial charge is 0.444 e. The van der Waals surface area contributed by atoms with Crippen molar-refractivity contribution in [1.82, 2.24) is 15.0 Å². The van der Waals surface area contributed by atoms with Crippen LogP contribution >= 0.6 is 0 Å². The number of nitrogens with two attached hydrogens (primary N) is 1. The average molecular weight is 263 g/mol. The van der Waals surface area contributed by atoms with Gasteiger partial charge in [0.15, 0.2) is 5.82 Å². The van der Waals surface area contributed by atoms with Crippen molar-refractivity contribution in [2.45, 2.75) is 27.0 Å². The van der Waals surface area contributed by atoms with Gasteiger partial charge in [0, 0.05) is 13.2 Å². The fourth-order valence-corrected chi connectivity index (χ4v) is 1.58. The quantitative estimate of drug-likeness (QED) is 0.841. The molecule has 2 rings (SSSR count). The number of nitrogens with one attached hydrogen (secondary N) is 1. The highest BCUT2D eigenvalue weighted by Gasteiger charge is 2.07. The minimum absolute atomic E-state index is 0.316. The van der Waals surface area contributed by atoms with Crippen LogP contribution < -0.4 is 11.1 Å². The average Bonchev–Trinajstić information content (AvgIpc) is 2.66. The molecule has 3 N–H and O–H groups in total. The normalized spacial score (nSPS) is 10.7. The fourth-order valence-electron chi connectivity index (χ4n) is 1.58. The molecular formula is C12H17N5O2. The van der Waals surface area contributed by atoms with Crippen LogP contribution in [-0.4, -0.2) is 22.1 Å². The second-order valence-electron chi connectivity index (χ2n) is 4.13. The molecule has 2 heterocycles. The van der Waals surface area contributed by atoms with E-state index in [1.54, 1.807) is 13.2 Å². The molecule has 0 aliphatic heterocycles. The molecule has 0 radical (unpaired) electrons. The Balaban J connectivity index is 2.06. The molecule has 0 fully saturated rings. The molecule has 19 heavy (non-hydrogen) atoms. The third-order valence-corrected chi connectivity index (χ3v) is 2.56. The Hall–Kier alpha value is -2.15. The van der Waals surface area contributed by atoms with Gasteiger partial charge in [0.1, 0.15) is 24.0 Å². The SMILES string of the molecule is COCc1nc(N)cc(NCc2nc(C)c(C)o2)n1. The zero-order chi connectivity index (χ0) is 13.8. The summed E-state index contributed by atoms with van der Waals surface area (Å²) in [5.74, 6) is 2.97. The van der Waals surface area contributed by atoms with Gasteiger partial charge in [-0.25, -0.2) is 15.0 Å². The second-order valence-corrected chi connectivity index (χ2v) is 4.13. The molecule has 0 bridgehead atoms. The number of aromatic nitrogens is 3. The number of hydrogen-bond donors (Lipinski definition) is 2. The fraction of sp³-hybridized carbons (Fsp3) is 0.417. The molecule has 0 aliphatic carbocycles.